The standard InChI is InChI=1S/C16H23NO3/c1-17(10-7-13-8-11-20-12-9-13)16(18)14-5-3-4-6-15(14)19-2/h3-6,13H,7-12H2,1-2H3. The third-order valence-electron chi connectivity index (χ3n) is 3.90. The van der Waals surface area contributed by atoms with Gasteiger partial charge in [0.05, 0.1) is 12.7 Å². The van der Waals surface area contributed by atoms with Crippen molar-refractivity contribution in [2.24, 2.45) is 5.92 Å². The number of hydrogen-bond acceptors (Lipinski definition) is 3. The normalized spacial score (nSPS) is 15.9. The number of rotatable bonds is 5. The molecule has 0 N–H and O–H groups in total. The highest BCUT2D eigenvalue weighted by Crippen LogP contribution is 2.21. The first kappa shape index (κ1) is 14.9. The van der Waals surface area contributed by atoms with Gasteiger partial charge in [-0.05, 0) is 37.3 Å². The third-order valence-corrected chi connectivity index (χ3v) is 3.90. The first-order valence-corrected chi connectivity index (χ1v) is 7.18. The molecule has 1 saturated heterocycles. The minimum Gasteiger partial charge on any atom is -0.496 e. The Labute approximate surface area is 120 Å². The molecule has 0 unspecified atom stereocenters. The molecule has 0 bridgehead atoms. The molecule has 0 aromatic heterocycles. The van der Waals surface area contributed by atoms with E-state index in [1.165, 1.54) is 0 Å². The summed E-state index contributed by atoms with van der Waals surface area (Å²) in [7, 11) is 3.45. The number of carbonyl (C=O) groups excluding carboxylic acids is 1. The lowest BCUT2D eigenvalue weighted by Gasteiger charge is -2.25. The summed E-state index contributed by atoms with van der Waals surface area (Å²) in [5.74, 6) is 1.33. The Morgan fingerprint density at radius 2 is 2.05 bits per heavy atom. The van der Waals surface area contributed by atoms with Gasteiger partial charge in [0, 0.05) is 26.8 Å². The van der Waals surface area contributed by atoms with Crippen LogP contribution < -0.4 is 4.74 Å². The van der Waals surface area contributed by atoms with Crippen LogP contribution in [-0.2, 0) is 4.74 Å². The molecule has 0 aliphatic carbocycles. The molecule has 1 fully saturated rings. The second-order valence-corrected chi connectivity index (χ2v) is 5.27. The summed E-state index contributed by atoms with van der Waals surface area (Å²) in [4.78, 5) is 14.2. The number of amides is 1. The Bertz CT molecular complexity index is 441. The van der Waals surface area contributed by atoms with Gasteiger partial charge in [-0.3, -0.25) is 4.79 Å². The Morgan fingerprint density at radius 1 is 1.35 bits per heavy atom. The zero-order chi connectivity index (χ0) is 14.4. The summed E-state index contributed by atoms with van der Waals surface area (Å²) in [5.41, 5.74) is 0.629. The van der Waals surface area contributed by atoms with Gasteiger partial charge in [-0.25, -0.2) is 0 Å². The van der Waals surface area contributed by atoms with E-state index in [-0.39, 0.29) is 5.91 Å². The molecule has 0 spiro atoms. The summed E-state index contributed by atoms with van der Waals surface area (Å²) in [6.07, 6.45) is 3.26. The number of nitrogens with zero attached hydrogens (tertiary/aromatic N) is 1. The van der Waals surface area contributed by atoms with E-state index < -0.39 is 0 Å². The molecule has 1 aromatic rings. The van der Waals surface area contributed by atoms with E-state index in [2.05, 4.69) is 0 Å². The number of ether oxygens (including phenoxy) is 2. The molecular formula is C16H23NO3. The van der Waals surface area contributed by atoms with Crippen LogP contribution in [0.4, 0.5) is 0 Å². The largest absolute Gasteiger partial charge is 0.496 e. The third kappa shape index (κ3) is 3.73. The summed E-state index contributed by atoms with van der Waals surface area (Å²) in [5, 5.41) is 0. The molecular weight excluding hydrogens is 254 g/mol. The van der Waals surface area contributed by atoms with Gasteiger partial charge in [-0.15, -0.1) is 0 Å². The van der Waals surface area contributed by atoms with Crippen molar-refractivity contribution in [1.29, 1.82) is 0 Å². The molecule has 0 radical (unpaired) electrons. The van der Waals surface area contributed by atoms with E-state index in [0.717, 1.165) is 39.0 Å². The van der Waals surface area contributed by atoms with Crippen LogP contribution in [0.1, 0.15) is 29.6 Å². The summed E-state index contributed by atoms with van der Waals surface area (Å²) >= 11 is 0. The van der Waals surface area contributed by atoms with Gasteiger partial charge in [0.15, 0.2) is 0 Å². The monoisotopic (exact) mass is 277 g/mol. The maximum absolute atomic E-state index is 12.4. The van der Waals surface area contributed by atoms with Gasteiger partial charge < -0.3 is 14.4 Å². The lowest BCUT2D eigenvalue weighted by Crippen LogP contribution is -2.30. The highest BCUT2D eigenvalue weighted by molar-refractivity contribution is 5.96. The van der Waals surface area contributed by atoms with Crippen LogP contribution in [0.25, 0.3) is 0 Å². The number of methoxy groups -OCH3 is 1. The summed E-state index contributed by atoms with van der Waals surface area (Å²) in [6.45, 7) is 2.49. The molecule has 2 rings (SSSR count). The second kappa shape index (κ2) is 7.29. The molecule has 1 heterocycles. The SMILES string of the molecule is COc1ccccc1C(=O)N(C)CCC1CCOCC1. The first-order chi connectivity index (χ1) is 9.72. The van der Waals surface area contributed by atoms with Crippen molar-refractivity contribution in [2.75, 3.05) is 33.9 Å². The number of para-hydroxylation sites is 1. The van der Waals surface area contributed by atoms with Crippen LogP contribution in [0.3, 0.4) is 0 Å². The lowest BCUT2D eigenvalue weighted by atomic mass is 9.96. The van der Waals surface area contributed by atoms with Gasteiger partial charge in [0.1, 0.15) is 5.75 Å². The predicted octanol–water partition coefficient (Wildman–Crippen LogP) is 2.58. The Hall–Kier alpha value is -1.55. The zero-order valence-electron chi connectivity index (χ0n) is 12.3. The number of benzene rings is 1. The molecule has 0 saturated carbocycles. The van der Waals surface area contributed by atoms with Crippen LogP contribution in [0.5, 0.6) is 5.75 Å². The molecule has 4 nitrogen and oxygen atoms in total. The molecule has 20 heavy (non-hydrogen) atoms. The summed E-state index contributed by atoms with van der Waals surface area (Å²) in [6, 6.07) is 7.37. The Morgan fingerprint density at radius 3 is 2.75 bits per heavy atom. The number of hydrogen-bond donors (Lipinski definition) is 0. The van der Waals surface area contributed by atoms with Crippen LogP contribution in [0.2, 0.25) is 0 Å². The molecule has 110 valence electrons. The molecule has 1 aromatic carbocycles. The second-order valence-electron chi connectivity index (χ2n) is 5.27. The fraction of sp³-hybridized carbons (Fsp3) is 0.562. The van der Waals surface area contributed by atoms with Crippen molar-refractivity contribution < 1.29 is 14.3 Å². The highest BCUT2D eigenvalue weighted by atomic mass is 16.5. The quantitative estimate of drug-likeness (QED) is 0.830. The summed E-state index contributed by atoms with van der Waals surface area (Å²) < 4.78 is 10.6. The van der Waals surface area contributed by atoms with Crippen LogP contribution >= 0.6 is 0 Å². The smallest absolute Gasteiger partial charge is 0.257 e. The molecule has 0 atom stereocenters. The molecule has 1 aliphatic rings. The van der Waals surface area contributed by atoms with Gasteiger partial charge in [0.25, 0.3) is 5.91 Å². The van der Waals surface area contributed by atoms with Crippen molar-refractivity contribution in [3.05, 3.63) is 29.8 Å². The molecule has 1 aliphatic heterocycles. The average Bonchev–Trinajstić information content (AvgIpc) is 2.52. The minimum absolute atomic E-state index is 0.0227. The van der Waals surface area contributed by atoms with E-state index in [1.807, 2.05) is 31.3 Å². The van der Waals surface area contributed by atoms with E-state index >= 15 is 0 Å². The van der Waals surface area contributed by atoms with Gasteiger partial charge in [0.2, 0.25) is 0 Å². The molecule has 4 heteroatoms. The van der Waals surface area contributed by atoms with Gasteiger partial charge in [-0.1, -0.05) is 12.1 Å². The molecule has 1 amide bonds. The predicted molar refractivity (Wildman–Crippen MR) is 78.1 cm³/mol. The maximum atomic E-state index is 12.4. The van der Waals surface area contributed by atoms with Crippen molar-refractivity contribution in [1.82, 2.24) is 4.90 Å². The van der Waals surface area contributed by atoms with Crippen LogP contribution in [0.15, 0.2) is 24.3 Å². The van der Waals surface area contributed by atoms with Crippen molar-refractivity contribution in [3.63, 3.8) is 0 Å². The number of carbonyl (C=O) groups is 1. The fourth-order valence-electron chi connectivity index (χ4n) is 2.54. The highest BCUT2D eigenvalue weighted by Gasteiger charge is 2.19. The first-order valence-electron chi connectivity index (χ1n) is 7.18. The van der Waals surface area contributed by atoms with Crippen molar-refractivity contribution >= 4 is 5.91 Å². The topological polar surface area (TPSA) is 38.8 Å². The van der Waals surface area contributed by atoms with Crippen molar-refractivity contribution in [3.8, 4) is 5.75 Å². The van der Waals surface area contributed by atoms with Gasteiger partial charge >= 0.3 is 0 Å². The van der Waals surface area contributed by atoms with E-state index in [9.17, 15) is 4.79 Å². The van der Waals surface area contributed by atoms with Gasteiger partial charge in [-0.2, -0.15) is 0 Å². The minimum atomic E-state index is 0.0227. The van der Waals surface area contributed by atoms with E-state index in [0.29, 0.717) is 17.2 Å². The zero-order valence-corrected chi connectivity index (χ0v) is 12.3. The van der Waals surface area contributed by atoms with E-state index in [4.69, 9.17) is 9.47 Å². The Balaban J connectivity index is 1.90. The Kier molecular flexibility index (Phi) is 5.41. The van der Waals surface area contributed by atoms with Crippen LogP contribution in [0, 0.1) is 5.92 Å². The average molecular weight is 277 g/mol. The fourth-order valence-corrected chi connectivity index (χ4v) is 2.54. The van der Waals surface area contributed by atoms with Crippen LogP contribution in [-0.4, -0.2) is 44.7 Å². The van der Waals surface area contributed by atoms with Crippen molar-refractivity contribution in [2.45, 2.75) is 19.3 Å². The maximum Gasteiger partial charge on any atom is 0.257 e. The van der Waals surface area contributed by atoms with E-state index in [1.54, 1.807) is 12.0 Å². The lowest BCUT2D eigenvalue weighted by molar-refractivity contribution is 0.0583.